The largest absolute Gasteiger partial charge is 0.417 e. The molecular weight excluding hydrogens is 369 g/mol. The van der Waals surface area contributed by atoms with Crippen LogP contribution in [0.15, 0.2) is 36.8 Å². The Labute approximate surface area is 159 Å². The number of piperidine rings is 1. The van der Waals surface area contributed by atoms with Crippen molar-refractivity contribution in [3.8, 4) is 11.5 Å². The van der Waals surface area contributed by atoms with Crippen molar-refractivity contribution in [3.05, 3.63) is 42.4 Å². The Kier molecular flexibility index (Phi) is 3.84. The molecule has 0 saturated carbocycles. The highest BCUT2D eigenvalue weighted by Crippen LogP contribution is 2.35. The minimum Gasteiger partial charge on any atom is -0.356 e. The van der Waals surface area contributed by atoms with Crippen molar-refractivity contribution in [1.82, 2.24) is 24.7 Å². The van der Waals surface area contributed by atoms with Crippen molar-refractivity contribution in [2.24, 2.45) is 5.41 Å². The number of hydrogen-bond donors (Lipinski definition) is 1. The molecule has 1 N–H and O–H groups in total. The maximum Gasteiger partial charge on any atom is 0.417 e. The SMILES string of the molecule is FC(F)(F)c1ccc2ncc(-c3nccc(N4CCCC5(CNC5)C4)n3)n2c1. The highest BCUT2D eigenvalue weighted by atomic mass is 19.4. The van der Waals surface area contributed by atoms with E-state index in [4.69, 9.17) is 0 Å². The minimum absolute atomic E-state index is 0.314. The molecule has 5 heterocycles. The summed E-state index contributed by atoms with van der Waals surface area (Å²) in [5.74, 6) is 1.17. The topological polar surface area (TPSA) is 58.4 Å². The summed E-state index contributed by atoms with van der Waals surface area (Å²) in [7, 11) is 0. The van der Waals surface area contributed by atoms with E-state index in [1.165, 1.54) is 23.1 Å². The van der Waals surface area contributed by atoms with Gasteiger partial charge in [-0.15, -0.1) is 0 Å². The van der Waals surface area contributed by atoms with Crippen molar-refractivity contribution in [2.45, 2.75) is 19.0 Å². The number of rotatable bonds is 2. The third-order valence-corrected chi connectivity index (χ3v) is 5.69. The molecule has 0 unspecified atom stereocenters. The van der Waals surface area contributed by atoms with Crippen LogP contribution in [-0.4, -0.2) is 45.5 Å². The van der Waals surface area contributed by atoms with Crippen LogP contribution < -0.4 is 10.2 Å². The Morgan fingerprint density at radius 3 is 2.71 bits per heavy atom. The number of imidazole rings is 1. The Morgan fingerprint density at radius 2 is 1.96 bits per heavy atom. The van der Waals surface area contributed by atoms with Gasteiger partial charge in [-0.1, -0.05) is 0 Å². The smallest absolute Gasteiger partial charge is 0.356 e. The first-order chi connectivity index (χ1) is 13.4. The van der Waals surface area contributed by atoms with Crippen molar-refractivity contribution >= 4 is 11.5 Å². The summed E-state index contributed by atoms with van der Waals surface area (Å²) in [5.41, 5.74) is 0.453. The molecule has 3 aromatic heterocycles. The number of aromatic nitrogens is 4. The molecule has 6 nitrogen and oxygen atoms in total. The van der Waals surface area contributed by atoms with Crippen LogP contribution in [0.5, 0.6) is 0 Å². The number of hydrogen-bond acceptors (Lipinski definition) is 5. The molecule has 5 rings (SSSR count). The number of fused-ring (bicyclic) bond motifs is 1. The fourth-order valence-electron chi connectivity index (χ4n) is 4.13. The van der Waals surface area contributed by atoms with Gasteiger partial charge in [-0.2, -0.15) is 13.2 Å². The zero-order chi connectivity index (χ0) is 19.4. The van der Waals surface area contributed by atoms with Gasteiger partial charge in [0.1, 0.15) is 17.2 Å². The van der Waals surface area contributed by atoms with E-state index in [2.05, 4.69) is 25.2 Å². The zero-order valence-electron chi connectivity index (χ0n) is 15.1. The van der Waals surface area contributed by atoms with Crippen molar-refractivity contribution in [3.63, 3.8) is 0 Å². The molecule has 3 aromatic rings. The molecule has 2 aliphatic heterocycles. The predicted molar refractivity (Wildman–Crippen MR) is 98.0 cm³/mol. The predicted octanol–water partition coefficient (Wildman–Crippen LogP) is 3.00. The lowest BCUT2D eigenvalue weighted by Crippen LogP contribution is -2.61. The van der Waals surface area contributed by atoms with Crippen molar-refractivity contribution in [1.29, 1.82) is 0 Å². The number of pyridine rings is 1. The molecule has 0 radical (unpaired) electrons. The van der Waals surface area contributed by atoms with Gasteiger partial charge in [-0.05, 0) is 31.0 Å². The number of anilines is 1. The first-order valence-electron chi connectivity index (χ1n) is 9.27. The van der Waals surface area contributed by atoms with E-state index in [-0.39, 0.29) is 0 Å². The standard InChI is InChI=1S/C19H19F3N6/c20-19(21,22)13-2-3-15-25-8-14(28(15)9-13)17-24-6-4-16(26-17)27-7-1-5-18(12-27)10-23-11-18/h2-4,6,8-9,23H,1,5,7,10-12H2. The van der Waals surface area contributed by atoms with Crippen LogP contribution in [-0.2, 0) is 6.18 Å². The number of alkyl halides is 3. The first-order valence-corrected chi connectivity index (χ1v) is 9.27. The summed E-state index contributed by atoms with van der Waals surface area (Å²) in [6, 6.07) is 4.25. The molecule has 9 heteroatoms. The van der Waals surface area contributed by atoms with Crippen LogP contribution >= 0.6 is 0 Å². The molecule has 2 aliphatic rings. The van der Waals surface area contributed by atoms with E-state index in [9.17, 15) is 13.2 Å². The third kappa shape index (κ3) is 2.90. The van der Waals surface area contributed by atoms with Crippen LogP contribution in [0.1, 0.15) is 18.4 Å². The highest BCUT2D eigenvalue weighted by Gasteiger charge is 2.41. The van der Waals surface area contributed by atoms with Gasteiger partial charge in [0.2, 0.25) is 0 Å². The highest BCUT2D eigenvalue weighted by molar-refractivity contribution is 5.59. The summed E-state index contributed by atoms with van der Waals surface area (Å²) in [5, 5.41) is 3.35. The maximum atomic E-state index is 13.1. The lowest BCUT2D eigenvalue weighted by atomic mass is 9.75. The number of nitrogens with zero attached hydrogens (tertiary/aromatic N) is 5. The maximum absolute atomic E-state index is 13.1. The van der Waals surface area contributed by atoms with Crippen LogP contribution in [0.4, 0.5) is 19.0 Å². The normalized spacial score (nSPS) is 19.2. The van der Waals surface area contributed by atoms with Gasteiger partial charge >= 0.3 is 6.18 Å². The van der Waals surface area contributed by atoms with Crippen molar-refractivity contribution in [2.75, 3.05) is 31.1 Å². The molecule has 0 bridgehead atoms. The molecule has 2 saturated heterocycles. The van der Waals surface area contributed by atoms with E-state index in [0.29, 0.717) is 22.6 Å². The second-order valence-corrected chi connectivity index (χ2v) is 7.65. The third-order valence-electron chi connectivity index (χ3n) is 5.69. The van der Waals surface area contributed by atoms with Crippen LogP contribution in [0, 0.1) is 5.41 Å². The van der Waals surface area contributed by atoms with Gasteiger partial charge in [-0.25, -0.2) is 15.0 Å². The van der Waals surface area contributed by atoms with E-state index in [0.717, 1.165) is 50.7 Å². The molecule has 0 amide bonds. The zero-order valence-corrected chi connectivity index (χ0v) is 15.1. The molecule has 2 fully saturated rings. The van der Waals surface area contributed by atoms with Gasteiger partial charge < -0.3 is 10.2 Å². The average Bonchev–Trinajstić information content (AvgIpc) is 3.09. The fraction of sp³-hybridized carbons (Fsp3) is 0.421. The van der Waals surface area contributed by atoms with E-state index in [1.54, 1.807) is 6.20 Å². The number of halogens is 3. The fourth-order valence-corrected chi connectivity index (χ4v) is 4.13. The average molecular weight is 388 g/mol. The van der Waals surface area contributed by atoms with Gasteiger partial charge in [-0.3, -0.25) is 4.40 Å². The van der Waals surface area contributed by atoms with Crippen LogP contribution in [0.25, 0.3) is 17.2 Å². The molecule has 28 heavy (non-hydrogen) atoms. The minimum atomic E-state index is -4.42. The van der Waals surface area contributed by atoms with Gasteiger partial charge in [0.05, 0.1) is 11.8 Å². The molecule has 0 aliphatic carbocycles. The Balaban J connectivity index is 1.51. The second-order valence-electron chi connectivity index (χ2n) is 7.65. The Bertz CT molecular complexity index is 1020. The molecular formula is C19H19F3N6. The summed E-state index contributed by atoms with van der Waals surface area (Å²) in [6.45, 7) is 3.90. The van der Waals surface area contributed by atoms with Gasteiger partial charge in [0.25, 0.3) is 0 Å². The Hall–Kier alpha value is -2.68. The van der Waals surface area contributed by atoms with E-state index < -0.39 is 11.7 Å². The summed E-state index contributed by atoms with van der Waals surface area (Å²) >= 11 is 0. The van der Waals surface area contributed by atoms with Crippen molar-refractivity contribution < 1.29 is 13.2 Å². The summed E-state index contributed by atoms with van der Waals surface area (Å²) in [6.07, 6.45) is 2.11. The summed E-state index contributed by atoms with van der Waals surface area (Å²) < 4.78 is 40.7. The van der Waals surface area contributed by atoms with E-state index in [1.807, 2.05) is 6.07 Å². The molecule has 0 atom stereocenters. The Morgan fingerprint density at radius 1 is 1.11 bits per heavy atom. The van der Waals surface area contributed by atoms with Crippen LogP contribution in [0.2, 0.25) is 0 Å². The monoisotopic (exact) mass is 388 g/mol. The lowest BCUT2D eigenvalue weighted by Gasteiger charge is -2.49. The number of nitrogens with one attached hydrogen (secondary N) is 1. The molecule has 1 spiro atoms. The quantitative estimate of drug-likeness (QED) is 0.732. The first kappa shape index (κ1) is 17.4. The molecule has 0 aromatic carbocycles. The summed E-state index contributed by atoms with van der Waals surface area (Å²) in [4.78, 5) is 15.4. The van der Waals surface area contributed by atoms with Gasteiger partial charge in [0.15, 0.2) is 5.82 Å². The lowest BCUT2D eigenvalue weighted by molar-refractivity contribution is -0.137. The molecule has 146 valence electrons. The second kappa shape index (κ2) is 6.16. The van der Waals surface area contributed by atoms with Gasteiger partial charge in [0, 0.05) is 44.0 Å². The van der Waals surface area contributed by atoms with Crippen LogP contribution in [0.3, 0.4) is 0 Å². The van der Waals surface area contributed by atoms with E-state index >= 15 is 0 Å².